The van der Waals surface area contributed by atoms with Crippen LogP contribution in [0.3, 0.4) is 0 Å². The molecule has 5 aromatic rings. The summed E-state index contributed by atoms with van der Waals surface area (Å²) in [5.74, 6) is 0.646. The van der Waals surface area contributed by atoms with E-state index in [1.807, 2.05) is 61.5 Å². The topological polar surface area (TPSA) is 88.0 Å². The zero-order valence-electron chi connectivity index (χ0n) is 15.7. The van der Waals surface area contributed by atoms with E-state index < -0.39 is 0 Å². The van der Waals surface area contributed by atoms with Gasteiger partial charge in [0.2, 0.25) is 0 Å². The van der Waals surface area contributed by atoms with Crippen LogP contribution in [0.2, 0.25) is 0 Å². The molecular formula is C22H18N6O. The van der Waals surface area contributed by atoms with E-state index in [-0.39, 0.29) is 11.6 Å². The first kappa shape index (κ1) is 17.1. The number of nitrogens with one attached hydrogen (secondary N) is 2. The molecule has 7 heteroatoms. The van der Waals surface area contributed by atoms with Crippen LogP contribution in [0.4, 0.5) is 5.82 Å². The lowest BCUT2D eigenvalue weighted by Crippen LogP contribution is -2.21. The normalized spacial score (nSPS) is 12.3. The Bertz CT molecular complexity index is 1370. The fraction of sp³-hybridized carbons (Fsp3) is 0.0909. The summed E-state index contributed by atoms with van der Waals surface area (Å²) in [5, 5.41) is 3.42. The summed E-state index contributed by atoms with van der Waals surface area (Å²) in [7, 11) is 0. The molecule has 2 N–H and O–H groups in total. The molecule has 5 rings (SSSR count). The number of imidazole rings is 1. The molecule has 0 radical (unpaired) electrons. The van der Waals surface area contributed by atoms with Crippen molar-refractivity contribution in [3.05, 3.63) is 89.4 Å². The Morgan fingerprint density at radius 2 is 1.86 bits per heavy atom. The van der Waals surface area contributed by atoms with Crippen molar-refractivity contribution in [1.82, 2.24) is 24.3 Å². The molecule has 0 amide bonds. The Balaban J connectivity index is 1.69. The van der Waals surface area contributed by atoms with Crippen LogP contribution in [0.15, 0.2) is 78.2 Å². The van der Waals surface area contributed by atoms with Crippen LogP contribution in [0.25, 0.3) is 27.8 Å². The molecular weight excluding hydrogens is 364 g/mol. The fourth-order valence-corrected chi connectivity index (χ4v) is 3.63. The highest BCUT2D eigenvalue weighted by atomic mass is 16.1. The van der Waals surface area contributed by atoms with Gasteiger partial charge in [0.25, 0.3) is 5.56 Å². The lowest BCUT2D eigenvalue weighted by atomic mass is 9.96. The van der Waals surface area contributed by atoms with Crippen molar-refractivity contribution in [3.8, 4) is 11.1 Å². The predicted molar refractivity (Wildman–Crippen MR) is 113 cm³/mol. The van der Waals surface area contributed by atoms with Gasteiger partial charge in [-0.25, -0.2) is 15.0 Å². The maximum Gasteiger partial charge on any atom is 0.263 e. The average molecular weight is 382 g/mol. The van der Waals surface area contributed by atoms with E-state index >= 15 is 0 Å². The number of nitrogens with zero attached hydrogens (tertiary/aromatic N) is 4. The van der Waals surface area contributed by atoms with Crippen molar-refractivity contribution >= 4 is 22.5 Å². The third-order valence-corrected chi connectivity index (χ3v) is 5.02. The second kappa shape index (κ2) is 6.87. The largest absolute Gasteiger partial charge is 0.362 e. The quantitative estimate of drug-likeness (QED) is 0.494. The predicted octanol–water partition coefficient (Wildman–Crippen LogP) is 3.81. The van der Waals surface area contributed by atoms with Crippen molar-refractivity contribution in [1.29, 1.82) is 0 Å². The van der Waals surface area contributed by atoms with E-state index in [0.29, 0.717) is 17.0 Å². The van der Waals surface area contributed by atoms with Gasteiger partial charge in [-0.15, -0.1) is 0 Å². The van der Waals surface area contributed by atoms with Crippen molar-refractivity contribution < 1.29 is 0 Å². The number of pyridine rings is 2. The van der Waals surface area contributed by atoms with E-state index in [2.05, 4.69) is 25.3 Å². The molecule has 4 aromatic heterocycles. The van der Waals surface area contributed by atoms with Gasteiger partial charge in [0.05, 0.1) is 17.9 Å². The van der Waals surface area contributed by atoms with Crippen LogP contribution < -0.4 is 10.9 Å². The van der Waals surface area contributed by atoms with Crippen LogP contribution in [-0.2, 0) is 0 Å². The molecule has 0 saturated heterocycles. The van der Waals surface area contributed by atoms with Gasteiger partial charge in [-0.3, -0.25) is 9.20 Å². The number of anilines is 1. The third kappa shape index (κ3) is 2.93. The van der Waals surface area contributed by atoms with Crippen LogP contribution in [0, 0.1) is 0 Å². The summed E-state index contributed by atoms with van der Waals surface area (Å²) in [6.07, 6.45) is 4.86. The highest BCUT2D eigenvalue weighted by Crippen LogP contribution is 2.29. The minimum atomic E-state index is -0.176. The minimum Gasteiger partial charge on any atom is -0.362 e. The zero-order chi connectivity index (χ0) is 19.8. The van der Waals surface area contributed by atoms with Gasteiger partial charge >= 0.3 is 0 Å². The molecule has 0 saturated carbocycles. The molecule has 0 unspecified atom stereocenters. The highest BCUT2D eigenvalue weighted by molar-refractivity contribution is 5.82. The summed E-state index contributed by atoms with van der Waals surface area (Å²) in [5.41, 5.74) is 4.58. The first-order valence-corrected chi connectivity index (χ1v) is 9.33. The number of benzene rings is 1. The van der Waals surface area contributed by atoms with Gasteiger partial charge in [-0.1, -0.05) is 36.4 Å². The summed E-state index contributed by atoms with van der Waals surface area (Å²) in [4.78, 5) is 29.1. The number of aromatic nitrogens is 5. The number of rotatable bonds is 4. The van der Waals surface area contributed by atoms with E-state index in [4.69, 9.17) is 0 Å². The van der Waals surface area contributed by atoms with Gasteiger partial charge in [0, 0.05) is 11.7 Å². The van der Waals surface area contributed by atoms with Gasteiger partial charge < -0.3 is 10.3 Å². The Morgan fingerprint density at radius 1 is 1.03 bits per heavy atom. The first-order valence-electron chi connectivity index (χ1n) is 9.33. The van der Waals surface area contributed by atoms with Crippen LogP contribution >= 0.6 is 0 Å². The van der Waals surface area contributed by atoms with E-state index in [1.165, 1.54) is 6.33 Å². The highest BCUT2D eigenvalue weighted by Gasteiger charge is 2.19. The molecule has 0 bridgehead atoms. The number of hydrogen-bond donors (Lipinski definition) is 2. The van der Waals surface area contributed by atoms with Gasteiger partial charge in [0.15, 0.2) is 11.5 Å². The molecule has 0 spiro atoms. The molecule has 7 nitrogen and oxygen atoms in total. The van der Waals surface area contributed by atoms with Crippen LogP contribution in [0.1, 0.15) is 18.5 Å². The molecule has 4 heterocycles. The second-order valence-electron chi connectivity index (χ2n) is 6.83. The van der Waals surface area contributed by atoms with E-state index in [9.17, 15) is 4.79 Å². The van der Waals surface area contributed by atoms with E-state index in [1.54, 1.807) is 16.9 Å². The SMILES string of the molecule is C[C@H](Nc1ncnc2nc[nH]c12)c1cc2ccccn2c(=O)c1-c1ccccc1. The van der Waals surface area contributed by atoms with Crippen LogP contribution in [-0.4, -0.2) is 24.3 Å². The third-order valence-electron chi connectivity index (χ3n) is 5.02. The average Bonchev–Trinajstić information content (AvgIpc) is 3.24. The second-order valence-corrected chi connectivity index (χ2v) is 6.83. The van der Waals surface area contributed by atoms with E-state index in [0.717, 1.165) is 22.2 Å². The fourth-order valence-electron chi connectivity index (χ4n) is 3.63. The Labute approximate surface area is 166 Å². The smallest absolute Gasteiger partial charge is 0.263 e. The van der Waals surface area contributed by atoms with Crippen molar-refractivity contribution in [2.45, 2.75) is 13.0 Å². The molecule has 0 aliphatic heterocycles. The summed E-state index contributed by atoms with van der Waals surface area (Å²) in [6.45, 7) is 2.02. The number of aromatic amines is 1. The molecule has 0 aliphatic carbocycles. The zero-order valence-corrected chi connectivity index (χ0v) is 15.7. The lowest BCUT2D eigenvalue weighted by molar-refractivity contribution is 0.869. The monoisotopic (exact) mass is 382 g/mol. The lowest BCUT2D eigenvalue weighted by Gasteiger charge is -2.20. The number of fused-ring (bicyclic) bond motifs is 2. The Morgan fingerprint density at radius 3 is 2.72 bits per heavy atom. The maximum atomic E-state index is 13.4. The first-order chi connectivity index (χ1) is 14.2. The van der Waals surface area contributed by atoms with Gasteiger partial charge in [-0.2, -0.15) is 0 Å². The number of hydrogen-bond acceptors (Lipinski definition) is 5. The van der Waals surface area contributed by atoms with Crippen molar-refractivity contribution in [2.24, 2.45) is 0 Å². The van der Waals surface area contributed by atoms with Gasteiger partial charge in [-0.05, 0) is 36.2 Å². The summed E-state index contributed by atoms with van der Waals surface area (Å²) in [6, 6.07) is 17.3. The molecule has 1 atom stereocenters. The Kier molecular flexibility index (Phi) is 4.05. The van der Waals surface area contributed by atoms with Gasteiger partial charge in [0.1, 0.15) is 11.8 Å². The molecule has 29 heavy (non-hydrogen) atoms. The maximum absolute atomic E-state index is 13.4. The van der Waals surface area contributed by atoms with Crippen molar-refractivity contribution in [3.63, 3.8) is 0 Å². The molecule has 0 fully saturated rings. The molecule has 142 valence electrons. The minimum absolute atomic E-state index is 0.0488. The van der Waals surface area contributed by atoms with Crippen LogP contribution in [0.5, 0.6) is 0 Å². The summed E-state index contributed by atoms with van der Waals surface area (Å²) >= 11 is 0. The standard InChI is InChI=1S/C22H18N6O/c1-14(27-21-19-20(24-12-23-19)25-13-26-21)17-11-16-9-5-6-10-28(16)22(29)18(17)15-7-3-2-4-8-15/h2-14H,1H3,(H2,23,24,25,26,27)/t14-/m0/s1. The molecule has 0 aliphatic rings. The summed E-state index contributed by atoms with van der Waals surface area (Å²) < 4.78 is 1.68. The Hall–Kier alpha value is -4.00. The van der Waals surface area contributed by atoms with Crippen molar-refractivity contribution in [2.75, 3.05) is 5.32 Å². The molecule has 1 aromatic carbocycles. The number of H-pyrrole nitrogens is 1.